The van der Waals surface area contributed by atoms with E-state index in [4.69, 9.17) is 0 Å². The first-order valence-electron chi connectivity index (χ1n) is 9.25. The van der Waals surface area contributed by atoms with Gasteiger partial charge in [0.25, 0.3) is 0 Å². The van der Waals surface area contributed by atoms with E-state index in [0.717, 1.165) is 12.8 Å². The summed E-state index contributed by atoms with van der Waals surface area (Å²) in [4.78, 5) is 15.3. The number of rotatable bonds is 2. The van der Waals surface area contributed by atoms with Gasteiger partial charge in [0.2, 0.25) is 0 Å². The fourth-order valence-electron chi connectivity index (χ4n) is 5.99. The zero-order chi connectivity index (χ0) is 15.4. The molecule has 0 N–H and O–H groups in total. The lowest BCUT2D eigenvalue weighted by Gasteiger charge is -2.43. The number of ketones is 1. The van der Waals surface area contributed by atoms with Crippen LogP contribution in [0.2, 0.25) is 0 Å². The van der Waals surface area contributed by atoms with E-state index in [9.17, 15) is 4.79 Å². The number of likely N-dealkylation sites (N-methyl/N-ethyl adjacent to an activating group) is 1. The third-order valence-electron chi connectivity index (χ3n) is 7.03. The van der Waals surface area contributed by atoms with Gasteiger partial charge in [-0.1, -0.05) is 31.4 Å². The third-order valence-corrected chi connectivity index (χ3v) is 7.03. The van der Waals surface area contributed by atoms with Crippen LogP contribution in [-0.2, 0) is 4.79 Å². The van der Waals surface area contributed by atoms with Crippen molar-refractivity contribution in [1.82, 2.24) is 4.90 Å². The van der Waals surface area contributed by atoms with Crippen LogP contribution in [0.1, 0.15) is 64.2 Å². The van der Waals surface area contributed by atoms with Gasteiger partial charge in [-0.3, -0.25) is 9.69 Å². The normalized spacial score (nSPS) is 41.2. The lowest BCUT2D eigenvalue weighted by molar-refractivity contribution is -0.125. The summed E-state index contributed by atoms with van der Waals surface area (Å²) in [6.07, 6.45) is 17.0. The molecule has 0 heterocycles. The minimum atomic E-state index is -0.106. The quantitative estimate of drug-likeness (QED) is 0.759. The first-order chi connectivity index (χ1) is 10.6. The molecule has 0 radical (unpaired) electrons. The van der Waals surface area contributed by atoms with Crippen LogP contribution < -0.4 is 0 Å². The van der Waals surface area contributed by atoms with E-state index in [0.29, 0.717) is 11.7 Å². The van der Waals surface area contributed by atoms with Gasteiger partial charge in [-0.25, -0.2) is 0 Å². The molecular weight excluding hydrogens is 270 g/mol. The number of hydrogen-bond donors (Lipinski definition) is 0. The number of carbonyl (C=O) groups is 1. The molecule has 0 aromatic heterocycles. The highest BCUT2D eigenvalue weighted by atomic mass is 16.1. The lowest BCUT2D eigenvalue weighted by atomic mass is 9.68. The van der Waals surface area contributed by atoms with E-state index < -0.39 is 0 Å². The van der Waals surface area contributed by atoms with Crippen LogP contribution in [0, 0.1) is 11.3 Å². The molecule has 0 unspecified atom stereocenters. The van der Waals surface area contributed by atoms with E-state index in [1.54, 1.807) is 11.1 Å². The van der Waals surface area contributed by atoms with Crippen LogP contribution in [-0.4, -0.2) is 30.3 Å². The summed E-state index contributed by atoms with van der Waals surface area (Å²) < 4.78 is 0. The van der Waals surface area contributed by atoms with Gasteiger partial charge in [-0.05, 0) is 69.7 Å². The Morgan fingerprint density at radius 1 is 1.14 bits per heavy atom. The minimum Gasteiger partial charge on any atom is -0.299 e. The van der Waals surface area contributed by atoms with Gasteiger partial charge in [0, 0.05) is 6.42 Å². The molecule has 4 aliphatic rings. The molecule has 0 amide bonds. The maximum absolute atomic E-state index is 12.9. The number of allylic oxidation sites excluding steroid dienone is 2. The summed E-state index contributed by atoms with van der Waals surface area (Å²) in [6, 6.07) is 0. The molecule has 2 heteroatoms. The highest BCUT2D eigenvalue weighted by molar-refractivity contribution is 5.95. The first-order valence-corrected chi connectivity index (χ1v) is 9.25. The van der Waals surface area contributed by atoms with E-state index >= 15 is 0 Å². The van der Waals surface area contributed by atoms with Crippen molar-refractivity contribution < 1.29 is 4.79 Å². The van der Waals surface area contributed by atoms with Gasteiger partial charge in [0.15, 0.2) is 0 Å². The number of Topliss-reactive ketones (excluding diaryl/α,β-unsaturated/α-hetero) is 1. The van der Waals surface area contributed by atoms with Gasteiger partial charge in [0.05, 0.1) is 11.0 Å². The Bertz CT molecular complexity index is 558. The van der Waals surface area contributed by atoms with E-state index in [2.05, 4.69) is 31.1 Å². The molecule has 2 fully saturated rings. The zero-order valence-corrected chi connectivity index (χ0v) is 14.2. The van der Waals surface area contributed by atoms with Gasteiger partial charge in [0.1, 0.15) is 5.78 Å². The molecule has 0 aliphatic heterocycles. The van der Waals surface area contributed by atoms with Crippen molar-refractivity contribution in [2.24, 2.45) is 11.3 Å². The molecule has 2 bridgehead atoms. The van der Waals surface area contributed by atoms with Gasteiger partial charge in [-0.2, -0.15) is 0 Å². The molecule has 2 nitrogen and oxygen atoms in total. The van der Waals surface area contributed by atoms with Gasteiger partial charge < -0.3 is 0 Å². The second-order valence-electron chi connectivity index (χ2n) is 8.14. The molecule has 22 heavy (non-hydrogen) atoms. The molecule has 120 valence electrons. The largest absolute Gasteiger partial charge is 0.299 e. The average Bonchev–Trinajstić information content (AvgIpc) is 2.78. The lowest BCUT2D eigenvalue weighted by Crippen LogP contribution is -2.49. The van der Waals surface area contributed by atoms with Crippen molar-refractivity contribution in [2.45, 2.75) is 69.7 Å². The van der Waals surface area contributed by atoms with Crippen molar-refractivity contribution >= 4 is 5.78 Å². The number of carbonyl (C=O) groups excluding carboxylic acids is 1. The number of nitrogens with zero attached hydrogens (tertiary/aromatic N) is 1. The fraction of sp³-hybridized carbons (Fsp3) is 0.750. The van der Waals surface area contributed by atoms with Crippen molar-refractivity contribution in [3.63, 3.8) is 0 Å². The van der Waals surface area contributed by atoms with Crippen LogP contribution in [0.15, 0.2) is 23.3 Å². The smallest absolute Gasteiger partial charge is 0.145 e. The second kappa shape index (κ2) is 5.06. The molecule has 0 aromatic carbocycles. The maximum atomic E-state index is 12.9. The predicted molar refractivity (Wildman–Crippen MR) is 89.7 cm³/mol. The molecule has 3 atom stereocenters. The van der Waals surface area contributed by atoms with Crippen molar-refractivity contribution in [2.75, 3.05) is 14.1 Å². The number of hydrogen-bond acceptors (Lipinski definition) is 2. The third kappa shape index (κ3) is 1.73. The molecule has 4 rings (SSSR count). The summed E-state index contributed by atoms with van der Waals surface area (Å²) in [5.41, 5.74) is 3.02. The predicted octanol–water partition coefficient (Wildman–Crippen LogP) is 4.27. The van der Waals surface area contributed by atoms with Gasteiger partial charge in [-0.15, -0.1) is 0 Å². The van der Waals surface area contributed by atoms with Crippen molar-refractivity contribution in [3.8, 4) is 0 Å². The van der Waals surface area contributed by atoms with Crippen LogP contribution in [0.4, 0.5) is 0 Å². The average molecular weight is 299 g/mol. The Morgan fingerprint density at radius 3 is 2.82 bits per heavy atom. The monoisotopic (exact) mass is 299 g/mol. The summed E-state index contributed by atoms with van der Waals surface area (Å²) in [5.74, 6) is 1.07. The van der Waals surface area contributed by atoms with E-state index in [1.165, 1.54) is 51.4 Å². The van der Waals surface area contributed by atoms with Crippen molar-refractivity contribution in [3.05, 3.63) is 23.3 Å². The summed E-state index contributed by atoms with van der Waals surface area (Å²) >= 11 is 0. The van der Waals surface area contributed by atoms with Crippen LogP contribution in [0.5, 0.6) is 0 Å². The summed E-state index contributed by atoms with van der Waals surface area (Å²) in [7, 11) is 4.41. The minimum absolute atomic E-state index is 0.00762. The molecule has 2 saturated carbocycles. The standard InChI is InChI=1S/C20H29NO/c1-21(2)20-14-18(22)19(12-8-7-11-17(19)20)13-16(20)15-9-5-3-4-6-10-15/h9,13,17H,3-8,10-12,14H2,1-2H3/t17-,19-,20-/m1/s1. The van der Waals surface area contributed by atoms with Crippen LogP contribution in [0.25, 0.3) is 0 Å². The first kappa shape index (κ1) is 14.7. The molecule has 0 aromatic rings. The molecule has 0 saturated heterocycles. The Balaban J connectivity index is 1.83. The molecule has 4 aliphatic carbocycles. The van der Waals surface area contributed by atoms with Crippen molar-refractivity contribution in [1.29, 1.82) is 0 Å². The molecular formula is C20H29NO. The highest BCUT2D eigenvalue weighted by Crippen LogP contribution is 2.66. The molecule has 0 spiro atoms. The summed E-state index contributed by atoms with van der Waals surface area (Å²) in [5, 5.41) is 0. The maximum Gasteiger partial charge on any atom is 0.145 e. The fourth-order valence-corrected chi connectivity index (χ4v) is 5.99. The Morgan fingerprint density at radius 2 is 2.00 bits per heavy atom. The Labute approximate surface area is 134 Å². The Kier molecular flexibility index (Phi) is 3.38. The topological polar surface area (TPSA) is 20.3 Å². The van der Waals surface area contributed by atoms with E-state index in [1.807, 2.05) is 0 Å². The second-order valence-corrected chi connectivity index (χ2v) is 8.14. The van der Waals surface area contributed by atoms with E-state index in [-0.39, 0.29) is 11.0 Å². The highest BCUT2D eigenvalue weighted by Gasteiger charge is 2.68. The Hall–Kier alpha value is -0.890. The SMILES string of the molecule is CN(C)[C@]12CC(=O)[C@@]3(C=C1C1=CCCCCC1)CCCC[C@H]32. The van der Waals surface area contributed by atoms with Crippen LogP contribution >= 0.6 is 0 Å². The zero-order valence-electron chi connectivity index (χ0n) is 14.2. The van der Waals surface area contributed by atoms with Crippen LogP contribution in [0.3, 0.4) is 0 Å². The summed E-state index contributed by atoms with van der Waals surface area (Å²) in [6.45, 7) is 0. The van der Waals surface area contributed by atoms with Gasteiger partial charge >= 0.3 is 0 Å².